The summed E-state index contributed by atoms with van der Waals surface area (Å²) in [4.78, 5) is 94.2. The number of aromatic hydroxyl groups is 1. The summed E-state index contributed by atoms with van der Waals surface area (Å²) in [5.41, 5.74) is -1.56. The van der Waals surface area contributed by atoms with Crippen molar-refractivity contribution in [3.8, 4) is 29.4 Å². The molecule has 108 heavy (non-hydrogen) atoms. The molecular weight excluding hydrogens is 1660 g/mol. The van der Waals surface area contributed by atoms with E-state index in [-0.39, 0.29) is 118 Å². The number of hydrogen-bond acceptors (Lipinski definition) is 29. The van der Waals surface area contributed by atoms with Gasteiger partial charge in [0.1, 0.15) is 27.5 Å². The number of nitrogens with zero attached hydrogens (tertiary/aromatic N) is 9. The van der Waals surface area contributed by atoms with E-state index in [9.17, 15) is 80.7 Å². The minimum absolute atomic E-state index is 0. The molecule has 35 nitrogen and oxygen atoms in total. The first kappa shape index (κ1) is 91.2. The van der Waals surface area contributed by atoms with Crippen LogP contribution in [0.2, 0.25) is 5.02 Å². The molecule has 8 aromatic rings. The Labute approximate surface area is 658 Å². The first-order valence-corrected chi connectivity index (χ1v) is 38.6. The largest absolute Gasteiger partial charge is 1.00 e. The normalized spacial score (nSPS) is 11.5. The van der Waals surface area contributed by atoms with Crippen molar-refractivity contribution < 1.29 is 143 Å². The third-order valence-corrected chi connectivity index (χ3v) is 19.2. The number of halogens is 5. The van der Waals surface area contributed by atoms with Crippen molar-refractivity contribution in [3.05, 3.63) is 149 Å². The second-order valence-corrected chi connectivity index (χ2v) is 30.5. The third kappa shape index (κ3) is 26.9. The van der Waals surface area contributed by atoms with Crippen LogP contribution in [0.15, 0.2) is 106 Å². The molecule has 4 amide bonds. The first-order chi connectivity index (χ1) is 50.0. The number of ketones is 1. The smallest absolute Gasteiger partial charge is 0.493 e. The van der Waals surface area contributed by atoms with Gasteiger partial charge in [0.15, 0.2) is 28.4 Å². The van der Waals surface area contributed by atoms with Crippen molar-refractivity contribution in [1.29, 1.82) is 0 Å². The molecule has 1 atom stereocenters. The summed E-state index contributed by atoms with van der Waals surface area (Å²) < 4.78 is 179. The molecule has 578 valence electrons. The number of nitrogens with one attached hydrogen (secondary N) is 4. The Morgan fingerprint density at radius 2 is 1.34 bits per heavy atom. The average molecular weight is 1730 g/mol. The molecule has 0 aliphatic rings. The molecule has 5 N–H and O–H groups in total. The Kier molecular flexibility index (Phi) is 34.0. The number of carbonyl (C=O) groups excluding carboxylic acids is 6. The number of aryl methyl sites for hydroxylation is 3. The molecule has 4 heterocycles. The Hall–Kier alpha value is -9.22. The number of rotatable bonds is 25. The number of ether oxygens (including phenoxy) is 7. The van der Waals surface area contributed by atoms with E-state index in [1.807, 2.05) is 41.6 Å². The van der Waals surface area contributed by atoms with Gasteiger partial charge in [0.2, 0.25) is 49.4 Å². The van der Waals surface area contributed by atoms with Gasteiger partial charge in [0.05, 0.1) is 91.2 Å². The number of sulfone groups is 1. The second-order valence-electron chi connectivity index (χ2n) is 21.8. The maximum atomic E-state index is 12.9. The van der Waals surface area contributed by atoms with Gasteiger partial charge in [-0.1, -0.05) is 37.4 Å². The maximum Gasteiger partial charge on any atom is 1.00 e. The van der Waals surface area contributed by atoms with E-state index < -0.39 is 108 Å². The van der Waals surface area contributed by atoms with Gasteiger partial charge in [-0.3, -0.25) is 19.9 Å². The van der Waals surface area contributed by atoms with E-state index in [1.165, 1.54) is 72.6 Å². The Balaban J connectivity index is 0.000000306. The Bertz CT molecular complexity index is 5090. The third-order valence-electron chi connectivity index (χ3n) is 13.7. The van der Waals surface area contributed by atoms with Gasteiger partial charge in [0, 0.05) is 40.6 Å². The van der Waals surface area contributed by atoms with Crippen molar-refractivity contribution >= 4 is 133 Å². The number of aromatic nitrogens is 8. The Morgan fingerprint density at radius 1 is 0.731 bits per heavy atom. The van der Waals surface area contributed by atoms with E-state index in [0.717, 1.165) is 74.4 Å². The summed E-state index contributed by atoms with van der Waals surface area (Å²) in [6, 6.07) is 15.2. The predicted molar refractivity (Wildman–Crippen MR) is 385 cm³/mol. The van der Waals surface area contributed by atoms with Gasteiger partial charge in [-0.05, 0) is 135 Å². The molecule has 0 bridgehead atoms. The fraction of sp³-hybridized carbons (Fsp3) is 0.317. The van der Waals surface area contributed by atoms with Crippen LogP contribution in [0.25, 0.3) is 15.6 Å². The van der Waals surface area contributed by atoms with Crippen LogP contribution in [-0.4, -0.2) is 175 Å². The Morgan fingerprint density at radius 3 is 1.91 bits per heavy atom. The average Bonchev–Trinajstić information content (AvgIpc) is 1.19. The molecule has 0 radical (unpaired) electrons. The van der Waals surface area contributed by atoms with Gasteiger partial charge >= 0.3 is 65.7 Å². The van der Waals surface area contributed by atoms with Crippen LogP contribution in [0.1, 0.15) is 98.8 Å². The predicted octanol–water partition coefficient (Wildman–Crippen LogP) is 5.58. The van der Waals surface area contributed by atoms with Crippen molar-refractivity contribution in [2.24, 2.45) is 7.05 Å². The summed E-state index contributed by atoms with van der Waals surface area (Å²) in [6.07, 6.45) is 2.71. The number of unbranched alkanes of at least 4 members (excludes halogenated alkanes) is 2. The number of benzene rings is 4. The standard InChI is InChI=1S/C18H22ClNO3.C17H21N5O9S2.C14H13F3N2O4S.C14H14IN5O6S.Na/c1-3-4-5-7-13(2)23-17(21)12-22-16-10-9-15(19)14-8-6-11-20-18(14)16;1-29-13-8-14(30-2)20-16(19-13)21-17(24)22-33(27,28)12-7-10(9-18-32(4,25)26)5-6-11(12)15(23)31-3;1-7-11(13(21)19(2)18-7)12(20)9-5-4-8(14(15,16)17)6-10(9)24(3,22)23;1-7-16-12(19-14(17-7)26-3)18-13(22)20-27(23,24)10-6-8(15)4-5-9(10)11(21)25-2;/h6,8-11,13H,3-5,7,12H2,1-2H3;5-8,18H,9H2,1-4H3,(H2,19,20,21,22,24);4-6,21H,1-3H3;4-6H,1-3H3,(H2,16,17,18,19,20,22);/q;;;;+1/p-1. The summed E-state index contributed by atoms with van der Waals surface area (Å²) in [6.45, 7) is 6.61. The van der Waals surface area contributed by atoms with E-state index in [2.05, 4.69) is 71.5 Å². The van der Waals surface area contributed by atoms with Crippen LogP contribution in [-0.2, 0) is 78.7 Å². The van der Waals surface area contributed by atoms with Gasteiger partial charge < -0.3 is 48.3 Å². The van der Waals surface area contributed by atoms with E-state index in [4.69, 9.17) is 35.3 Å². The zero-order chi connectivity index (χ0) is 80.1. The first-order valence-electron chi connectivity index (χ1n) is 30.4. The molecule has 8 rings (SSSR count). The number of hydrogen-bond donors (Lipinski definition) is 5. The summed E-state index contributed by atoms with van der Waals surface area (Å²) in [5, 5.41) is 19.3. The SMILES string of the molecule is CCCCCC(C)OC(=O)COc1ccc(Cl)c2cccnc12.COC(=O)c1ccc(CNS(C)(=O)=O)cc1S(=O)(=O)NC(=O)Nc1nc(OC)cc(OC)n1.COC(=O)c1ccc(I)cc1S(=O)(=O)[N-]C(=O)Nc1nc(C)nc(OC)n1.Cc1nn(C)c(O)c1C(=O)c1ccc(C(F)(F)F)cc1S(C)(=O)=O.[Na+]. The van der Waals surface area contributed by atoms with Crippen molar-refractivity contribution in [1.82, 2.24) is 49.1 Å². The molecule has 0 saturated heterocycles. The fourth-order valence-electron chi connectivity index (χ4n) is 8.84. The number of pyridine rings is 1. The molecule has 0 aliphatic carbocycles. The monoisotopic (exact) mass is 1730 g/mol. The molecule has 0 saturated carbocycles. The van der Waals surface area contributed by atoms with Gasteiger partial charge in [0.25, 0.3) is 10.0 Å². The van der Waals surface area contributed by atoms with E-state index in [1.54, 1.807) is 23.1 Å². The van der Waals surface area contributed by atoms with Crippen molar-refractivity contribution in [2.75, 3.05) is 65.3 Å². The number of methoxy groups -OCH3 is 5. The molecule has 0 aliphatic heterocycles. The summed E-state index contributed by atoms with van der Waals surface area (Å²) in [7, 11) is -9.36. The van der Waals surface area contributed by atoms with Gasteiger partial charge in [-0.15, -0.1) is 0 Å². The minimum Gasteiger partial charge on any atom is -0.493 e. The molecule has 45 heteroatoms. The number of fused-ring (bicyclic) bond motifs is 1. The summed E-state index contributed by atoms with van der Waals surface area (Å²) >= 11 is 8.00. The van der Waals surface area contributed by atoms with E-state index in [0.29, 0.717) is 38.2 Å². The number of alkyl halides is 3. The van der Waals surface area contributed by atoms with Crippen LogP contribution < -0.4 is 68.6 Å². The van der Waals surface area contributed by atoms with Crippen molar-refractivity contribution in [3.63, 3.8) is 0 Å². The molecule has 0 fully saturated rings. The summed E-state index contributed by atoms with van der Waals surface area (Å²) in [5.74, 6) is -3.36. The van der Waals surface area contributed by atoms with Gasteiger partial charge in [-0.2, -0.15) is 38.2 Å². The maximum absolute atomic E-state index is 12.9. The number of urea groups is 2. The number of esters is 3. The molecular formula is C63H69ClF3IN13NaO22S4. The topological polar surface area (TPSA) is 481 Å². The molecule has 0 spiro atoms. The molecule has 4 aromatic carbocycles. The molecule has 1 unspecified atom stereocenters. The number of carbonyl (C=O) groups is 6. The number of sulfonamides is 3. The molecule has 4 aromatic heterocycles. The minimum atomic E-state index is -4.76. The van der Waals surface area contributed by atoms with Crippen LogP contribution >= 0.6 is 34.2 Å². The van der Waals surface area contributed by atoms with Crippen LogP contribution in [0.3, 0.4) is 0 Å². The van der Waals surface area contributed by atoms with Crippen LogP contribution in [0.5, 0.6) is 29.4 Å². The van der Waals surface area contributed by atoms with E-state index >= 15 is 0 Å². The zero-order valence-corrected chi connectivity index (χ0v) is 67.7. The zero-order valence-electron chi connectivity index (χ0n) is 59.5. The number of amides is 4. The quantitative estimate of drug-likeness (QED) is 0.0116. The van der Waals surface area contributed by atoms with Gasteiger partial charge in [-0.25, -0.2) is 72.0 Å². The number of anilines is 2. The second kappa shape index (κ2) is 40.3. The van der Waals surface area contributed by atoms with Crippen LogP contribution in [0, 0.1) is 17.4 Å². The fourth-order valence-corrected chi connectivity index (χ4v) is 13.3. The van der Waals surface area contributed by atoms with Crippen molar-refractivity contribution in [2.45, 2.75) is 86.9 Å². The van der Waals surface area contributed by atoms with Crippen LogP contribution in [0.4, 0.5) is 34.7 Å².